The van der Waals surface area contributed by atoms with Gasteiger partial charge in [-0.1, -0.05) is 12.1 Å². The third-order valence-corrected chi connectivity index (χ3v) is 3.27. The lowest BCUT2D eigenvalue weighted by atomic mass is 10.2. The van der Waals surface area contributed by atoms with Gasteiger partial charge in [-0.3, -0.25) is 0 Å². The minimum atomic E-state index is -0.314. The number of benzene rings is 1. The molecule has 4 heteroatoms. The number of rotatable bonds is 3. The Balaban J connectivity index is 2.32. The number of carbonyl (C=O) groups is 1. The minimum Gasteiger partial charge on any atom is -0.463 e. The van der Waals surface area contributed by atoms with Crippen molar-refractivity contribution in [3.63, 3.8) is 0 Å². The molecule has 0 amide bonds. The molecule has 0 saturated heterocycles. The minimum absolute atomic E-state index is 0.314. The zero-order valence-electron chi connectivity index (χ0n) is 9.77. The molecule has 0 spiro atoms. The van der Waals surface area contributed by atoms with E-state index in [2.05, 4.69) is 4.98 Å². The van der Waals surface area contributed by atoms with Crippen LogP contribution in [0, 0.1) is 6.92 Å². The van der Waals surface area contributed by atoms with Gasteiger partial charge < -0.3 is 4.74 Å². The van der Waals surface area contributed by atoms with Gasteiger partial charge in [0.05, 0.1) is 21.8 Å². The Morgan fingerprint density at radius 3 is 3.12 bits per heavy atom. The highest BCUT2D eigenvalue weighted by Crippen LogP contribution is 2.26. The summed E-state index contributed by atoms with van der Waals surface area (Å²) in [7, 11) is 0. The zero-order chi connectivity index (χ0) is 12.3. The van der Waals surface area contributed by atoms with Gasteiger partial charge in [-0.15, -0.1) is 11.3 Å². The van der Waals surface area contributed by atoms with Gasteiger partial charge in [-0.25, -0.2) is 9.78 Å². The van der Waals surface area contributed by atoms with Gasteiger partial charge in [0.2, 0.25) is 0 Å². The molecule has 0 unspecified atom stereocenters. The molecule has 0 aliphatic carbocycles. The molecule has 0 fully saturated rings. The third-order valence-electron chi connectivity index (χ3n) is 2.24. The first-order valence-corrected chi connectivity index (χ1v) is 6.23. The van der Waals surface area contributed by atoms with Crippen LogP contribution < -0.4 is 0 Å². The smallest absolute Gasteiger partial charge is 0.330 e. The molecule has 0 N–H and O–H groups in total. The molecule has 2 rings (SSSR count). The van der Waals surface area contributed by atoms with Crippen LogP contribution in [0.3, 0.4) is 0 Å². The molecular weight excluding hydrogens is 234 g/mol. The SMILES string of the molecule is CCOC(=O)C=Cc1cccc2nc(C)sc12. The van der Waals surface area contributed by atoms with E-state index < -0.39 is 0 Å². The van der Waals surface area contributed by atoms with E-state index in [4.69, 9.17) is 4.74 Å². The van der Waals surface area contributed by atoms with Crippen LogP contribution in [0.2, 0.25) is 0 Å². The molecule has 88 valence electrons. The number of hydrogen-bond donors (Lipinski definition) is 0. The average Bonchev–Trinajstić information content (AvgIpc) is 2.67. The van der Waals surface area contributed by atoms with Crippen molar-refractivity contribution < 1.29 is 9.53 Å². The fraction of sp³-hybridized carbons (Fsp3) is 0.231. The monoisotopic (exact) mass is 247 g/mol. The topological polar surface area (TPSA) is 39.2 Å². The van der Waals surface area contributed by atoms with Crippen molar-refractivity contribution in [1.82, 2.24) is 4.98 Å². The summed E-state index contributed by atoms with van der Waals surface area (Å²) in [5.74, 6) is -0.314. The van der Waals surface area contributed by atoms with Gasteiger partial charge in [-0.05, 0) is 31.6 Å². The van der Waals surface area contributed by atoms with Gasteiger partial charge in [0, 0.05) is 6.08 Å². The van der Waals surface area contributed by atoms with Gasteiger partial charge in [0.15, 0.2) is 0 Å². The summed E-state index contributed by atoms with van der Waals surface area (Å²) in [6, 6.07) is 5.88. The van der Waals surface area contributed by atoms with Crippen LogP contribution in [0.1, 0.15) is 17.5 Å². The van der Waals surface area contributed by atoms with Crippen molar-refractivity contribution in [1.29, 1.82) is 0 Å². The van der Waals surface area contributed by atoms with Crippen molar-refractivity contribution in [2.75, 3.05) is 6.61 Å². The van der Waals surface area contributed by atoms with Crippen molar-refractivity contribution in [2.45, 2.75) is 13.8 Å². The second kappa shape index (κ2) is 5.10. The Hall–Kier alpha value is -1.68. The second-order valence-electron chi connectivity index (χ2n) is 3.51. The molecule has 0 atom stereocenters. The first-order valence-electron chi connectivity index (χ1n) is 5.41. The summed E-state index contributed by atoms with van der Waals surface area (Å²) in [6.07, 6.45) is 3.23. The normalized spacial score (nSPS) is 11.2. The van der Waals surface area contributed by atoms with Gasteiger partial charge in [-0.2, -0.15) is 0 Å². The number of ether oxygens (including phenoxy) is 1. The molecule has 1 aromatic heterocycles. The van der Waals surface area contributed by atoms with E-state index in [9.17, 15) is 4.79 Å². The maximum atomic E-state index is 11.2. The number of aryl methyl sites for hydroxylation is 1. The molecule has 0 bridgehead atoms. The number of fused-ring (bicyclic) bond motifs is 1. The summed E-state index contributed by atoms with van der Waals surface area (Å²) in [6.45, 7) is 4.16. The molecule has 0 saturated carbocycles. The first kappa shape index (κ1) is 11.8. The highest BCUT2D eigenvalue weighted by molar-refractivity contribution is 7.18. The number of thiazole rings is 1. The van der Waals surface area contributed by atoms with Crippen LogP contribution >= 0.6 is 11.3 Å². The zero-order valence-corrected chi connectivity index (χ0v) is 10.6. The highest BCUT2D eigenvalue weighted by Gasteiger charge is 2.03. The number of carbonyl (C=O) groups excluding carboxylic acids is 1. The number of hydrogen-bond acceptors (Lipinski definition) is 4. The Morgan fingerprint density at radius 1 is 1.53 bits per heavy atom. The standard InChI is InChI=1S/C13H13NO2S/c1-3-16-12(15)8-7-10-5-4-6-11-13(10)17-9(2)14-11/h4-8H,3H2,1-2H3. The maximum Gasteiger partial charge on any atom is 0.330 e. The molecule has 1 aromatic carbocycles. The quantitative estimate of drug-likeness (QED) is 0.617. The summed E-state index contributed by atoms with van der Waals surface area (Å²) in [5, 5.41) is 1.02. The fourth-order valence-electron chi connectivity index (χ4n) is 1.56. The van der Waals surface area contributed by atoms with Crippen molar-refractivity contribution >= 4 is 33.6 Å². The molecule has 0 aliphatic heterocycles. The van der Waals surface area contributed by atoms with E-state index in [1.807, 2.05) is 25.1 Å². The largest absolute Gasteiger partial charge is 0.463 e. The predicted molar refractivity (Wildman–Crippen MR) is 70.0 cm³/mol. The van der Waals surface area contributed by atoms with Crippen LogP contribution in [0.4, 0.5) is 0 Å². The molecule has 2 aromatic rings. The summed E-state index contributed by atoms with van der Waals surface area (Å²) in [5.41, 5.74) is 1.97. The summed E-state index contributed by atoms with van der Waals surface area (Å²) >= 11 is 1.63. The lowest BCUT2D eigenvalue weighted by Gasteiger charge is -1.96. The van der Waals surface area contributed by atoms with E-state index >= 15 is 0 Å². The van der Waals surface area contributed by atoms with E-state index in [0.717, 1.165) is 20.8 Å². The molecular formula is C13H13NO2S. The average molecular weight is 247 g/mol. The Labute approximate surface area is 104 Å². The lowest BCUT2D eigenvalue weighted by Crippen LogP contribution is -1.98. The number of esters is 1. The predicted octanol–water partition coefficient (Wildman–Crippen LogP) is 3.18. The Morgan fingerprint density at radius 2 is 2.35 bits per heavy atom. The highest BCUT2D eigenvalue weighted by atomic mass is 32.1. The molecule has 1 heterocycles. The fourth-order valence-corrected chi connectivity index (χ4v) is 2.47. The summed E-state index contributed by atoms with van der Waals surface area (Å²) < 4.78 is 5.95. The molecule has 3 nitrogen and oxygen atoms in total. The number of nitrogens with zero attached hydrogens (tertiary/aromatic N) is 1. The Bertz CT molecular complexity index is 572. The molecule has 17 heavy (non-hydrogen) atoms. The van der Waals surface area contributed by atoms with Crippen molar-refractivity contribution in [3.05, 3.63) is 34.8 Å². The van der Waals surface area contributed by atoms with E-state index in [-0.39, 0.29) is 5.97 Å². The molecule has 0 radical (unpaired) electrons. The van der Waals surface area contributed by atoms with Crippen LogP contribution in [-0.2, 0) is 9.53 Å². The van der Waals surface area contributed by atoms with Crippen molar-refractivity contribution in [2.24, 2.45) is 0 Å². The first-order chi connectivity index (χ1) is 8.20. The van der Waals surface area contributed by atoms with Crippen LogP contribution in [0.15, 0.2) is 24.3 Å². The van der Waals surface area contributed by atoms with Crippen LogP contribution in [-0.4, -0.2) is 17.6 Å². The van der Waals surface area contributed by atoms with Gasteiger partial charge in [0.25, 0.3) is 0 Å². The lowest BCUT2D eigenvalue weighted by molar-refractivity contribution is -0.137. The van der Waals surface area contributed by atoms with Crippen LogP contribution in [0.5, 0.6) is 0 Å². The van der Waals surface area contributed by atoms with Crippen LogP contribution in [0.25, 0.3) is 16.3 Å². The summed E-state index contributed by atoms with van der Waals surface area (Å²) in [4.78, 5) is 15.6. The van der Waals surface area contributed by atoms with E-state index in [1.165, 1.54) is 6.08 Å². The van der Waals surface area contributed by atoms with E-state index in [0.29, 0.717) is 6.61 Å². The molecule has 0 aliphatic rings. The third kappa shape index (κ3) is 2.71. The van der Waals surface area contributed by atoms with Gasteiger partial charge in [0.1, 0.15) is 0 Å². The Kier molecular flexibility index (Phi) is 3.54. The second-order valence-corrected chi connectivity index (χ2v) is 4.72. The van der Waals surface area contributed by atoms with Crippen molar-refractivity contribution in [3.8, 4) is 0 Å². The number of aromatic nitrogens is 1. The van der Waals surface area contributed by atoms with Gasteiger partial charge >= 0.3 is 5.97 Å². The van der Waals surface area contributed by atoms with E-state index in [1.54, 1.807) is 24.3 Å². The maximum absolute atomic E-state index is 11.2.